The molecule has 1 unspecified atom stereocenters. The van der Waals surface area contributed by atoms with Crippen molar-refractivity contribution in [2.75, 3.05) is 26.4 Å². The number of carbonyl (C=O) groups excluding carboxylic acids is 2. The van der Waals surface area contributed by atoms with Crippen molar-refractivity contribution >= 4 is 23.5 Å². The molecule has 6 atom stereocenters. The molecule has 1 fully saturated rings. The third kappa shape index (κ3) is 15.8. The molecule has 46 heavy (non-hydrogen) atoms. The molecule has 0 spiro atoms. The molecule has 0 aromatic heterocycles. The van der Waals surface area contributed by atoms with Crippen LogP contribution < -0.4 is 4.74 Å². The number of ether oxygens (including phenoxy) is 3. The van der Waals surface area contributed by atoms with Crippen LogP contribution in [-0.4, -0.2) is 88.3 Å². The number of benzene rings is 1. The average molecular weight is 675 g/mol. The van der Waals surface area contributed by atoms with Crippen LogP contribution in [0.2, 0.25) is 5.02 Å². The van der Waals surface area contributed by atoms with Crippen LogP contribution in [0.3, 0.4) is 0 Å². The number of carbonyl (C=O) groups is 2. The molecule has 0 heterocycles. The molecule has 3 N–H and O–H groups in total. The Morgan fingerprint density at radius 1 is 1.00 bits per heavy atom. The second kappa shape index (κ2) is 20.9. The number of esters is 2. The van der Waals surface area contributed by atoms with E-state index in [9.17, 15) is 45.1 Å². The van der Waals surface area contributed by atoms with E-state index in [1.807, 2.05) is 12.2 Å². The molecular weight excluding hydrogens is 636 g/mol. The fraction of sp³-hybridized carbons (Fsp3) is 0.586. The van der Waals surface area contributed by atoms with Crippen LogP contribution in [0.25, 0.3) is 0 Å². The van der Waals surface area contributed by atoms with E-state index in [1.54, 1.807) is 30.3 Å². The predicted octanol–water partition coefficient (Wildman–Crippen LogP) is 2.76. The van der Waals surface area contributed by atoms with Crippen molar-refractivity contribution in [2.24, 2.45) is 11.8 Å². The van der Waals surface area contributed by atoms with Gasteiger partial charge < -0.3 is 39.2 Å². The largest absolute Gasteiger partial charge is 0.491 e. The second-order valence-electron chi connectivity index (χ2n) is 10.4. The van der Waals surface area contributed by atoms with Crippen molar-refractivity contribution < 1.29 is 59.0 Å². The lowest BCUT2D eigenvalue weighted by Gasteiger charge is -2.19. The molecule has 0 bridgehead atoms. The van der Waals surface area contributed by atoms with Gasteiger partial charge in [-0.05, 0) is 49.8 Å². The Morgan fingerprint density at radius 3 is 2.46 bits per heavy atom. The highest BCUT2D eigenvalue weighted by molar-refractivity contribution is 6.30. The van der Waals surface area contributed by atoms with E-state index in [2.05, 4.69) is 9.68 Å². The van der Waals surface area contributed by atoms with Crippen LogP contribution in [0.5, 0.6) is 5.75 Å². The smallest absolute Gasteiger partial charge is 0.306 e. The Hall–Kier alpha value is -3.99. The van der Waals surface area contributed by atoms with Gasteiger partial charge in [0.1, 0.15) is 31.7 Å². The van der Waals surface area contributed by atoms with Gasteiger partial charge in [-0.2, -0.15) is 0 Å². The summed E-state index contributed by atoms with van der Waals surface area (Å²) in [5.74, 6) is -1.62. The van der Waals surface area contributed by atoms with Gasteiger partial charge in [0, 0.05) is 30.2 Å². The second-order valence-corrected chi connectivity index (χ2v) is 10.8. The van der Waals surface area contributed by atoms with Crippen molar-refractivity contribution in [3.8, 4) is 5.75 Å². The van der Waals surface area contributed by atoms with Gasteiger partial charge in [-0.3, -0.25) is 9.59 Å². The number of unbranched alkanes of at least 4 members (excludes halogenated alkanes) is 1. The van der Waals surface area contributed by atoms with Crippen LogP contribution >= 0.6 is 11.6 Å². The molecule has 16 nitrogen and oxygen atoms in total. The van der Waals surface area contributed by atoms with Crippen LogP contribution in [0.1, 0.15) is 44.9 Å². The highest BCUT2D eigenvalue weighted by Crippen LogP contribution is 2.36. The first-order valence-electron chi connectivity index (χ1n) is 14.6. The van der Waals surface area contributed by atoms with E-state index in [0.29, 0.717) is 30.0 Å². The van der Waals surface area contributed by atoms with Crippen molar-refractivity contribution in [1.29, 1.82) is 0 Å². The summed E-state index contributed by atoms with van der Waals surface area (Å²) >= 11 is 5.93. The Labute approximate surface area is 269 Å². The van der Waals surface area contributed by atoms with Crippen LogP contribution in [0.4, 0.5) is 0 Å². The average Bonchev–Trinajstić information content (AvgIpc) is 3.27. The molecule has 1 aliphatic rings. The van der Waals surface area contributed by atoms with Crippen LogP contribution in [0, 0.1) is 32.1 Å². The lowest BCUT2D eigenvalue weighted by Crippen LogP contribution is -2.30. The number of halogens is 1. The zero-order valence-corrected chi connectivity index (χ0v) is 25.7. The molecular formula is C29H39ClN2O14. The molecule has 0 radical (unpaired) electrons. The molecule has 0 amide bonds. The Bertz CT molecular complexity index is 1180. The van der Waals surface area contributed by atoms with Crippen molar-refractivity contribution in [2.45, 2.75) is 69.4 Å². The first-order chi connectivity index (χ1) is 21.9. The topological polar surface area (TPSA) is 227 Å². The van der Waals surface area contributed by atoms with Gasteiger partial charge >= 0.3 is 11.9 Å². The first kappa shape index (κ1) is 38.2. The number of aliphatic hydroxyl groups excluding tert-OH is 3. The molecule has 2 rings (SSSR count). The van der Waals surface area contributed by atoms with Crippen LogP contribution in [0.15, 0.2) is 48.6 Å². The van der Waals surface area contributed by atoms with E-state index < -0.39 is 59.7 Å². The zero-order valence-electron chi connectivity index (χ0n) is 25.0. The maximum Gasteiger partial charge on any atom is 0.306 e. The van der Waals surface area contributed by atoms with Gasteiger partial charge in [0.05, 0.1) is 18.8 Å². The Morgan fingerprint density at radius 2 is 1.74 bits per heavy atom. The number of hydrogen-bond donors (Lipinski definition) is 3. The van der Waals surface area contributed by atoms with E-state index >= 15 is 0 Å². The standard InChI is InChI=1S/C29H39ClN2O14/c30-20-7-5-8-22(15-20)42-17-21(33)12-13-25-24(26(34)16-27(25)35)9-3-1-2-4-10-28(36)43-18-23(19-45-32(40)41)46-29(37)11-6-14-44-31(38)39/h1,3,5,7-8,12-13,15,21,23-27,33-35H,2,4,6,9-11,14,16-19H2/t21-,23?,24-,25-,26+,27-/m1/s1. The summed E-state index contributed by atoms with van der Waals surface area (Å²) in [4.78, 5) is 53.0. The molecule has 1 saturated carbocycles. The maximum atomic E-state index is 12.1. The molecule has 0 saturated heterocycles. The van der Waals surface area contributed by atoms with Crippen LogP contribution in [-0.2, 0) is 28.7 Å². The SMILES string of the molecule is O=C(CCCC=CC[C@@H]1[C@@H](C=C[C@@H](O)COc2cccc(Cl)c2)[C@H](O)C[C@@H]1O)OCC(CO[N+](=O)[O-])OC(=O)CCCO[N+](=O)[O-]. The number of hydrogen-bond acceptors (Lipinski definition) is 14. The van der Waals surface area contributed by atoms with Crippen molar-refractivity contribution in [3.05, 3.63) is 73.8 Å². The van der Waals surface area contributed by atoms with Gasteiger partial charge in [0.2, 0.25) is 0 Å². The number of aliphatic hydroxyl groups is 3. The van der Waals surface area contributed by atoms with Gasteiger partial charge in [0.15, 0.2) is 6.10 Å². The van der Waals surface area contributed by atoms with Crippen molar-refractivity contribution in [1.82, 2.24) is 0 Å². The van der Waals surface area contributed by atoms with E-state index in [1.165, 1.54) is 6.08 Å². The molecule has 1 aromatic rings. The molecule has 256 valence electrons. The summed E-state index contributed by atoms with van der Waals surface area (Å²) in [5, 5.41) is 50.2. The summed E-state index contributed by atoms with van der Waals surface area (Å²) in [7, 11) is 0. The summed E-state index contributed by atoms with van der Waals surface area (Å²) in [5.41, 5.74) is 0. The monoisotopic (exact) mass is 674 g/mol. The quantitative estimate of drug-likeness (QED) is 0.0528. The highest BCUT2D eigenvalue weighted by atomic mass is 35.5. The summed E-state index contributed by atoms with van der Waals surface area (Å²) < 4.78 is 15.6. The normalized spacial score (nSPS) is 20.7. The highest BCUT2D eigenvalue weighted by Gasteiger charge is 2.39. The molecule has 17 heteroatoms. The molecule has 1 aliphatic carbocycles. The number of rotatable bonds is 22. The third-order valence-electron chi connectivity index (χ3n) is 6.83. The molecule has 0 aliphatic heterocycles. The zero-order chi connectivity index (χ0) is 33.9. The van der Waals surface area contributed by atoms with Gasteiger partial charge in [-0.1, -0.05) is 42.0 Å². The van der Waals surface area contributed by atoms with Gasteiger partial charge in [-0.15, -0.1) is 20.2 Å². The van der Waals surface area contributed by atoms with Crippen molar-refractivity contribution in [3.63, 3.8) is 0 Å². The minimum Gasteiger partial charge on any atom is -0.491 e. The van der Waals surface area contributed by atoms with E-state index in [0.717, 1.165) is 0 Å². The predicted molar refractivity (Wildman–Crippen MR) is 159 cm³/mol. The lowest BCUT2D eigenvalue weighted by molar-refractivity contribution is -0.759. The summed E-state index contributed by atoms with van der Waals surface area (Å²) in [6.45, 7) is -1.52. The minimum absolute atomic E-state index is 0.00457. The maximum absolute atomic E-state index is 12.1. The van der Waals surface area contributed by atoms with E-state index in [4.69, 9.17) is 25.8 Å². The number of allylic oxidation sites excluding steroid dienone is 2. The number of nitrogens with zero attached hydrogens (tertiary/aromatic N) is 2. The summed E-state index contributed by atoms with van der Waals surface area (Å²) in [6.07, 6.45) is 4.45. The minimum atomic E-state index is -1.26. The fourth-order valence-corrected chi connectivity index (χ4v) is 4.79. The van der Waals surface area contributed by atoms with E-state index in [-0.39, 0.29) is 50.7 Å². The summed E-state index contributed by atoms with van der Waals surface area (Å²) in [6, 6.07) is 6.77. The molecule has 1 aromatic carbocycles. The Kier molecular flexibility index (Phi) is 17.4. The third-order valence-corrected chi connectivity index (χ3v) is 7.07. The Balaban J connectivity index is 1.72. The first-order valence-corrected chi connectivity index (χ1v) is 15.0. The van der Waals surface area contributed by atoms with Gasteiger partial charge in [-0.25, -0.2) is 0 Å². The van der Waals surface area contributed by atoms with Gasteiger partial charge in [0.25, 0.3) is 10.2 Å². The fourth-order valence-electron chi connectivity index (χ4n) is 4.61. The lowest BCUT2D eigenvalue weighted by atomic mass is 9.89.